The van der Waals surface area contributed by atoms with Gasteiger partial charge < -0.3 is 9.80 Å². The molecule has 0 spiro atoms. The van der Waals surface area contributed by atoms with E-state index in [0.29, 0.717) is 11.5 Å². The van der Waals surface area contributed by atoms with Crippen molar-refractivity contribution in [1.82, 2.24) is 24.6 Å². The van der Waals surface area contributed by atoms with Crippen LogP contribution in [0.1, 0.15) is 28.0 Å². The van der Waals surface area contributed by atoms with Gasteiger partial charge in [0.05, 0.1) is 18.0 Å². The van der Waals surface area contributed by atoms with Gasteiger partial charge >= 0.3 is 0 Å². The fourth-order valence-corrected chi connectivity index (χ4v) is 5.24. The van der Waals surface area contributed by atoms with Gasteiger partial charge in [-0.15, -0.1) is 0 Å². The van der Waals surface area contributed by atoms with Crippen LogP contribution in [-0.4, -0.2) is 56.7 Å². The molecule has 2 saturated heterocycles. The van der Waals surface area contributed by atoms with Crippen LogP contribution in [0.2, 0.25) is 0 Å². The van der Waals surface area contributed by atoms with Gasteiger partial charge in [-0.2, -0.15) is 5.10 Å². The number of likely N-dealkylation sites (tertiary alicyclic amines) is 1. The number of anilines is 1. The minimum Gasteiger partial charge on any atom is -0.354 e. The zero-order valence-corrected chi connectivity index (χ0v) is 18.1. The maximum atomic E-state index is 13.3. The first kappa shape index (κ1) is 19.7. The second-order valence-corrected chi connectivity index (χ2v) is 8.94. The average molecular weight is 417 g/mol. The molecule has 0 unspecified atom stereocenters. The number of benzene rings is 1. The Morgan fingerprint density at radius 2 is 1.97 bits per heavy atom. The number of aromatic nitrogens is 4. The van der Waals surface area contributed by atoms with E-state index in [4.69, 9.17) is 0 Å². The van der Waals surface area contributed by atoms with Crippen LogP contribution in [0.3, 0.4) is 0 Å². The van der Waals surface area contributed by atoms with Gasteiger partial charge in [0.15, 0.2) is 0 Å². The molecule has 5 rings (SSSR count). The van der Waals surface area contributed by atoms with Crippen LogP contribution < -0.4 is 4.90 Å². The molecule has 7 nitrogen and oxygen atoms in total. The zero-order chi connectivity index (χ0) is 21.4. The first-order valence-electron chi connectivity index (χ1n) is 10.9. The molecule has 4 heterocycles. The fourth-order valence-electron chi connectivity index (χ4n) is 5.24. The Bertz CT molecular complexity index is 1070. The molecule has 7 heteroatoms. The second kappa shape index (κ2) is 7.80. The summed E-state index contributed by atoms with van der Waals surface area (Å²) < 4.78 is 1.77. The molecule has 31 heavy (non-hydrogen) atoms. The van der Waals surface area contributed by atoms with Crippen LogP contribution >= 0.6 is 0 Å². The highest BCUT2D eigenvalue weighted by Gasteiger charge is 2.53. The first-order valence-corrected chi connectivity index (χ1v) is 10.9. The lowest BCUT2D eigenvalue weighted by atomic mass is 9.76. The maximum absolute atomic E-state index is 13.3. The highest BCUT2D eigenvalue weighted by Crippen LogP contribution is 2.47. The van der Waals surface area contributed by atoms with E-state index in [9.17, 15) is 4.79 Å². The molecule has 0 bridgehead atoms. The summed E-state index contributed by atoms with van der Waals surface area (Å²) in [6.07, 6.45) is 9.07. The molecule has 2 fully saturated rings. The highest BCUT2D eigenvalue weighted by atomic mass is 16.2. The lowest BCUT2D eigenvalue weighted by molar-refractivity contribution is 0.0769. The van der Waals surface area contributed by atoms with E-state index in [0.717, 1.165) is 50.5 Å². The second-order valence-electron chi connectivity index (χ2n) is 8.94. The summed E-state index contributed by atoms with van der Waals surface area (Å²) in [6.45, 7) is 5.31. The van der Waals surface area contributed by atoms with E-state index in [2.05, 4.69) is 50.3 Å². The summed E-state index contributed by atoms with van der Waals surface area (Å²) >= 11 is 0. The van der Waals surface area contributed by atoms with Crippen LogP contribution in [0.25, 0.3) is 0 Å². The number of nitrogens with zero attached hydrogens (tertiary/aromatic N) is 6. The van der Waals surface area contributed by atoms with E-state index in [-0.39, 0.29) is 11.3 Å². The van der Waals surface area contributed by atoms with E-state index < -0.39 is 0 Å². The SMILES string of the molecule is Cc1c(C(=O)N2C[C@@H]3CN(c4cnccn4)C[C@]3(CCc3ccccc3)C2)cnn1C. The predicted molar refractivity (Wildman–Crippen MR) is 119 cm³/mol. The van der Waals surface area contributed by atoms with Crippen LogP contribution in [-0.2, 0) is 13.5 Å². The number of carbonyl (C=O) groups excluding carboxylic acids is 1. The van der Waals surface area contributed by atoms with Gasteiger partial charge in [0.25, 0.3) is 5.91 Å². The monoisotopic (exact) mass is 416 g/mol. The maximum Gasteiger partial charge on any atom is 0.257 e. The van der Waals surface area contributed by atoms with Gasteiger partial charge in [-0.3, -0.25) is 14.5 Å². The normalized spacial score (nSPS) is 22.7. The molecule has 160 valence electrons. The van der Waals surface area contributed by atoms with Gasteiger partial charge in [-0.1, -0.05) is 30.3 Å². The largest absolute Gasteiger partial charge is 0.354 e. The van der Waals surface area contributed by atoms with Crippen LogP contribution in [0.5, 0.6) is 0 Å². The van der Waals surface area contributed by atoms with Gasteiger partial charge in [0, 0.05) is 62.6 Å². The quantitative estimate of drug-likeness (QED) is 0.640. The summed E-state index contributed by atoms with van der Waals surface area (Å²) in [7, 11) is 1.88. The number of amides is 1. The number of fused-ring (bicyclic) bond motifs is 1. The van der Waals surface area contributed by atoms with Gasteiger partial charge in [0.1, 0.15) is 5.82 Å². The number of aryl methyl sites for hydroxylation is 2. The molecule has 2 aliphatic rings. The summed E-state index contributed by atoms with van der Waals surface area (Å²) in [5, 5.41) is 4.27. The number of hydrogen-bond acceptors (Lipinski definition) is 5. The predicted octanol–water partition coefficient (Wildman–Crippen LogP) is 2.73. The summed E-state index contributed by atoms with van der Waals surface area (Å²) in [4.78, 5) is 26.5. The molecule has 1 aromatic carbocycles. The average Bonchev–Trinajstić information content (AvgIpc) is 3.44. The van der Waals surface area contributed by atoms with Gasteiger partial charge in [-0.25, -0.2) is 4.98 Å². The van der Waals surface area contributed by atoms with Crippen molar-refractivity contribution in [2.75, 3.05) is 31.1 Å². The molecule has 2 aromatic heterocycles. The Morgan fingerprint density at radius 1 is 1.13 bits per heavy atom. The Labute approximate surface area is 182 Å². The molecule has 0 saturated carbocycles. The van der Waals surface area contributed by atoms with Crippen molar-refractivity contribution >= 4 is 11.7 Å². The minimum atomic E-state index is 0.0547. The zero-order valence-electron chi connectivity index (χ0n) is 18.1. The topological polar surface area (TPSA) is 67.2 Å². The minimum absolute atomic E-state index is 0.0547. The fraction of sp³-hybridized carbons (Fsp3) is 0.417. The number of hydrogen-bond donors (Lipinski definition) is 0. The lowest BCUT2D eigenvalue weighted by Gasteiger charge is -2.29. The molecule has 1 amide bonds. The molecule has 2 aliphatic heterocycles. The summed E-state index contributed by atoms with van der Waals surface area (Å²) in [6, 6.07) is 10.6. The lowest BCUT2D eigenvalue weighted by Crippen LogP contribution is -2.37. The molecular weight excluding hydrogens is 388 g/mol. The Kier molecular flexibility index (Phi) is 4.96. The van der Waals surface area contributed by atoms with E-state index in [1.807, 2.05) is 25.1 Å². The van der Waals surface area contributed by atoms with E-state index in [1.54, 1.807) is 23.3 Å². The molecule has 0 N–H and O–H groups in total. The summed E-state index contributed by atoms with van der Waals surface area (Å²) in [5.74, 6) is 1.45. The Morgan fingerprint density at radius 3 is 2.68 bits per heavy atom. The van der Waals surface area contributed by atoms with Crippen LogP contribution in [0, 0.1) is 18.3 Å². The van der Waals surface area contributed by atoms with Gasteiger partial charge in [0.2, 0.25) is 0 Å². The smallest absolute Gasteiger partial charge is 0.257 e. The highest BCUT2D eigenvalue weighted by molar-refractivity contribution is 5.95. The van der Waals surface area contributed by atoms with Crippen molar-refractivity contribution < 1.29 is 4.79 Å². The Balaban J connectivity index is 1.39. The third kappa shape index (κ3) is 3.58. The molecule has 2 atom stereocenters. The third-order valence-corrected chi connectivity index (χ3v) is 7.14. The van der Waals surface area contributed by atoms with Crippen LogP contribution in [0.15, 0.2) is 55.1 Å². The molecule has 3 aromatic rings. The van der Waals surface area contributed by atoms with Crippen LogP contribution in [0.4, 0.5) is 5.82 Å². The van der Waals surface area contributed by atoms with Crippen molar-refractivity contribution in [2.45, 2.75) is 19.8 Å². The number of carbonyl (C=O) groups is 1. The van der Waals surface area contributed by atoms with Crippen molar-refractivity contribution in [3.05, 3.63) is 71.9 Å². The van der Waals surface area contributed by atoms with Crippen molar-refractivity contribution in [1.29, 1.82) is 0 Å². The standard InChI is InChI=1S/C24H28N6O/c1-18-21(12-27-28(18)2)23(31)30-15-20-14-29(22-13-25-10-11-26-22)16-24(20,17-30)9-8-19-6-4-3-5-7-19/h3-7,10-13,20H,8-9,14-17H2,1-2H3/t20-,24+/m0/s1. The third-order valence-electron chi connectivity index (χ3n) is 7.14. The Hall–Kier alpha value is -3.22. The summed E-state index contributed by atoms with van der Waals surface area (Å²) in [5.41, 5.74) is 3.04. The van der Waals surface area contributed by atoms with E-state index >= 15 is 0 Å². The van der Waals surface area contributed by atoms with Crippen molar-refractivity contribution in [2.24, 2.45) is 18.4 Å². The molecule has 0 radical (unpaired) electrons. The van der Waals surface area contributed by atoms with Crippen molar-refractivity contribution in [3.63, 3.8) is 0 Å². The van der Waals surface area contributed by atoms with Crippen molar-refractivity contribution in [3.8, 4) is 0 Å². The molecule has 0 aliphatic carbocycles. The molecular formula is C24H28N6O. The number of rotatable bonds is 5. The first-order chi connectivity index (χ1) is 15.1. The van der Waals surface area contributed by atoms with E-state index in [1.165, 1.54) is 5.56 Å². The van der Waals surface area contributed by atoms with Gasteiger partial charge in [-0.05, 0) is 25.3 Å².